The second-order valence-corrected chi connectivity index (χ2v) is 5.87. The molecular weight excluding hydrogens is 320 g/mol. The van der Waals surface area contributed by atoms with E-state index in [1.54, 1.807) is 0 Å². The zero-order valence-corrected chi connectivity index (χ0v) is 14.4. The molecule has 0 unspecified atom stereocenters. The third-order valence-corrected chi connectivity index (χ3v) is 3.97. The van der Waals surface area contributed by atoms with E-state index in [-0.39, 0.29) is 0 Å². The summed E-state index contributed by atoms with van der Waals surface area (Å²) >= 11 is 6.20. The van der Waals surface area contributed by atoms with Gasteiger partial charge in [-0.15, -0.1) is 0 Å². The van der Waals surface area contributed by atoms with Crippen LogP contribution in [0.25, 0.3) is 0 Å². The number of rotatable bonds is 5. The summed E-state index contributed by atoms with van der Waals surface area (Å²) in [6.45, 7) is 4.07. The Morgan fingerprint density at radius 3 is 2.38 bits per heavy atom. The molecule has 24 heavy (non-hydrogen) atoms. The monoisotopic (exact) mass is 338 g/mol. The van der Waals surface area contributed by atoms with Crippen LogP contribution in [-0.2, 0) is 6.42 Å². The maximum Gasteiger partial charge on any atom is 0.229 e. The average molecular weight is 339 g/mol. The van der Waals surface area contributed by atoms with Gasteiger partial charge in [0.25, 0.3) is 0 Å². The van der Waals surface area contributed by atoms with Crippen LogP contribution in [0, 0.1) is 6.92 Å². The molecule has 3 aromatic rings. The average Bonchev–Trinajstić information content (AvgIpc) is 2.57. The second kappa shape index (κ2) is 7.32. The first-order valence-electron chi connectivity index (χ1n) is 7.88. The van der Waals surface area contributed by atoms with E-state index in [9.17, 15) is 0 Å². The number of anilines is 4. The van der Waals surface area contributed by atoms with Crippen LogP contribution < -0.4 is 10.6 Å². The summed E-state index contributed by atoms with van der Waals surface area (Å²) in [6.07, 6.45) is 0.944. The second-order valence-electron chi connectivity index (χ2n) is 5.46. The van der Waals surface area contributed by atoms with Gasteiger partial charge >= 0.3 is 0 Å². The van der Waals surface area contributed by atoms with Crippen molar-refractivity contribution in [1.29, 1.82) is 0 Å². The topological polar surface area (TPSA) is 49.8 Å². The van der Waals surface area contributed by atoms with Crippen molar-refractivity contribution in [3.05, 3.63) is 70.9 Å². The summed E-state index contributed by atoms with van der Waals surface area (Å²) in [7, 11) is 0. The highest BCUT2D eigenvalue weighted by atomic mass is 35.5. The maximum atomic E-state index is 6.20. The highest BCUT2D eigenvalue weighted by Gasteiger charge is 2.07. The van der Waals surface area contributed by atoms with Crippen molar-refractivity contribution in [1.82, 2.24) is 9.97 Å². The van der Waals surface area contributed by atoms with Crippen LogP contribution in [0.15, 0.2) is 54.6 Å². The maximum absolute atomic E-state index is 6.20. The number of halogens is 1. The van der Waals surface area contributed by atoms with E-state index in [2.05, 4.69) is 33.6 Å². The molecule has 0 radical (unpaired) electrons. The smallest absolute Gasteiger partial charge is 0.229 e. The molecule has 1 heterocycles. The molecule has 2 N–H and O–H groups in total. The third kappa shape index (κ3) is 3.84. The summed E-state index contributed by atoms with van der Waals surface area (Å²) in [5, 5.41) is 7.21. The minimum Gasteiger partial charge on any atom is -0.339 e. The zero-order valence-electron chi connectivity index (χ0n) is 13.7. The Labute approximate surface area is 146 Å². The molecule has 0 aliphatic carbocycles. The fraction of sp³-hybridized carbons (Fsp3) is 0.158. The Kier molecular flexibility index (Phi) is 4.96. The lowest BCUT2D eigenvalue weighted by Crippen LogP contribution is -2.04. The Morgan fingerprint density at radius 2 is 1.62 bits per heavy atom. The first kappa shape index (κ1) is 16.3. The molecule has 0 amide bonds. The van der Waals surface area contributed by atoms with Crippen molar-refractivity contribution >= 4 is 34.7 Å². The highest BCUT2D eigenvalue weighted by Crippen LogP contribution is 2.25. The van der Waals surface area contributed by atoms with E-state index in [1.165, 1.54) is 5.56 Å². The summed E-state index contributed by atoms with van der Waals surface area (Å²) in [5.41, 5.74) is 3.94. The van der Waals surface area contributed by atoms with Gasteiger partial charge < -0.3 is 10.6 Å². The van der Waals surface area contributed by atoms with Crippen molar-refractivity contribution in [3.8, 4) is 0 Å². The van der Waals surface area contributed by atoms with Crippen LogP contribution in [0.2, 0.25) is 5.02 Å². The van der Waals surface area contributed by atoms with Crippen LogP contribution >= 0.6 is 11.6 Å². The van der Waals surface area contributed by atoms with Gasteiger partial charge in [0, 0.05) is 17.4 Å². The van der Waals surface area contributed by atoms with Crippen LogP contribution in [0.3, 0.4) is 0 Å². The number of nitrogens with one attached hydrogen (secondary N) is 2. The van der Waals surface area contributed by atoms with Gasteiger partial charge in [-0.3, -0.25) is 0 Å². The normalized spacial score (nSPS) is 10.5. The van der Waals surface area contributed by atoms with Gasteiger partial charge in [-0.25, -0.2) is 4.98 Å². The SMILES string of the molecule is CCc1ccccc1Nc1nc(C)cc(Nc2ccccc2Cl)n1. The zero-order chi connectivity index (χ0) is 16.9. The summed E-state index contributed by atoms with van der Waals surface area (Å²) in [5.74, 6) is 1.26. The molecule has 5 heteroatoms. The number of hydrogen-bond donors (Lipinski definition) is 2. The van der Waals surface area contributed by atoms with Crippen molar-refractivity contribution in [2.75, 3.05) is 10.6 Å². The predicted molar refractivity (Wildman–Crippen MR) is 101 cm³/mol. The Morgan fingerprint density at radius 1 is 0.917 bits per heavy atom. The number of aromatic nitrogens is 2. The van der Waals surface area contributed by atoms with Gasteiger partial charge in [-0.2, -0.15) is 4.98 Å². The number of hydrogen-bond acceptors (Lipinski definition) is 4. The van der Waals surface area contributed by atoms with E-state index in [0.29, 0.717) is 16.8 Å². The Balaban J connectivity index is 1.88. The van der Waals surface area contributed by atoms with Crippen molar-refractivity contribution in [2.45, 2.75) is 20.3 Å². The van der Waals surface area contributed by atoms with E-state index < -0.39 is 0 Å². The number of nitrogens with zero attached hydrogens (tertiary/aromatic N) is 2. The lowest BCUT2D eigenvalue weighted by molar-refractivity contribution is 1.09. The standard InChI is InChI=1S/C19H19ClN4/c1-3-14-8-4-6-10-16(14)23-19-21-13(2)12-18(24-19)22-17-11-7-5-9-15(17)20/h4-12H,3H2,1-2H3,(H2,21,22,23,24). The third-order valence-electron chi connectivity index (χ3n) is 3.64. The summed E-state index contributed by atoms with van der Waals surface area (Å²) in [6, 6.07) is 17.6. The quantitative estimate of drug-likeness (QED) is 0.646. The molecular formula is C19H19ClN4. The van der Waals surface area contributed by atoms with Gasteiger partial charge in [-0.1, -0.05) is 48.9 Å². The molecule has 1 aromatic heterocycles. The van der Waals surface area contributed by atoms with E-state index >= 15 is 0 Å². The predicted octanol–water partition coefficient (Wildman–Crippen LogP) is 5.49. The Bertz CT molecular complexity index is 848. The van der Waals surface area contributed by atoms with Gasteiger partial charge in [0.05, 0.1) is 10.7 Å². The Hall–Kier alpha value is -2.59. The van der Waals surface area contributed by atoms with Crippen molar-refractivity contribution in [2.24, 2.45) is 0 Å². The van der Waals surface area contributed by atoms with Gasteiger partial charge in [0.1, 0.15) is 5.82 Å². The largest absolute Gasteiger partial charge is 0.339 e. The number of para-hydroxylation sites is 2. The minimum atomic E-state index is 0.561. The molecule has 0 saturated heterocycles. The van der Waals surface area contributed by atoms with E-state index in [0.717, 1.165) is 23.5 Å². The molecule has 0 bridgehead atoms. The molecule has 0 aliphatic rings. The number of aryl methyl sites for hydroxylation is 2. The van der Waals surface area contributed by atoms with E-state index in [1.807, 2.05) is 55.5 Å². The first-order valence-corrected chi connectivity index (χ1v) is 8.25. The van der Waals surface area contributed by atoms with Gasteiger partial charge in [0.15, 0.2) is 0 Å². The number of benzene rings is 2. The molecule has 122 valence electrons. The van der Waals surface area contributed by atoms with Gasteiger partial charge in [-0.05, 0) is 37.1 Å². The molecule has 0 saturated carbocycles. The van der Waals surface area contributed by atoms with Crippen LogP contribution in [0.1, 0.15) is 18.2 Å². The van der Waals surface area contributed by atoms with Crippen molar-refractivity contribution < 1.29 is 0 Å². The molecule has 4 nitrogen and oxygen atoms in total. The first-order chi connectivity index (χ1) is 11.7. The van der Waals surface area contributed by atoms with Crippen LogP contribution in [0.4, 0.5) is 23.1 Å². The molecule has 2 aromatic carbocycles. The van der Waals surface area contributed by atoms with Crippen LogP contribution in [-0.4, -0.2) is 9.97 Å². The molecule has 0 atom stereocenters. The molecule has 0 spiro atoms. The van der Waals surface area contributed by atoms with E-state index in [4.69, 9.17) is 11.6 Å². The minimum absolute atomic E-state index is 0.561. The van der Waals surface area contributed by atoms with Gasteiger partial charge in [0.2, 0.25) is 5.95 Å². The van der Waals surface area contributed by atoms with Crippen molar-refractivity contribution in [3.63, 3.8) is 0 Å². The lowest BCUT2D eigenvalue weighted by atomic mass is 10.1. The highest BCUT2D eigenvalue weighted by molar-refractivity contribution is 6.33. The molecule has 0 fully saturated rings. The molecule has 3 rings (SSSR count). The fourth-order valence-electron chi connectivity index (χ4n) is 2.46. The van der Waals surface area contributed by atoms with Crippen LogP contribution in [0.5, 0.6) is 0 Å². The summed E-state index contributed by atoms with van der Waals surface area (Å²) in [4.78, 5) is 9.02. The molecule has 0 aliphatic heterocycles. The fourth-order valence-corrected chi connectivity index (χ4v) is 2.64. The summed E-state index contributed by atoms with van der Waals surface area (Å²) < 4.78 is 0. The lowest BCUT2D eigenvalue weighted by Gasteiger charge is -2.12.